The summed E-state index contributed by atoms with van der Waals surface area (Å²) in [6, 6.07) is 13.8. The molecule has 0 unspecified atom stereocenters. The molecular weight excluding hydrogens is 500 g/mol. The van der Waals surface area contributed by atoms with Crippen LogP contribution in [0.3, 0.4) is 0 Å². The zero-order chi connectivity index (χ0) is 23.5. The molecule has 1 amide bonds. The second kappa shape index (κ2) is 7.88. The van der Waals surface area contributed by atoms with Gasteiger partial charge in [-0.1, -0.05) is 79.2 Å². The molecule has 6 nitrogen and oxygen atoms in total. The Bertz CT molecular complexity index is 1510. The highest BCUT2D eigenvalue weighted by molar-refractivity contribution is 9.10. The summed E-state index contributed by atoms with van der Waals surface area (Å²) in [6.07, 6.45) is 0.825. The Labute approximate surface area is 203 Å². The molecular formula is C25H23BrN4O2S. The monoisotopic (exact) mass is 522 g/mol. The number of hydrogen-bond acceptors (Lipinski definition) is 5. The van der Waals surface area contributed by atoms with Crippen molar-refractivity contribution in [1.29, 1.82) is 0 Å². The number of fused-ring (bicyclic) bond motifs is 2. The topological polar surface area (TPSA) is 67.6 Å². The molecule has 2 aromatic carbocycles. The first-order valence-electron chi connectivity index (χ1n) is 10.9. The van der Waals surface area contributed by atoms with Crippen LogP contribution in [0.5, 0.6) is 0 Å². The van der Waals surface area contributed by atoms with Crippen LogP contribution in [0, 0.1) is 0 Å². The van der Waals surface area contributed by atoms with Gasteiger partial charge in [-0.15, -0.1) is 5.10 Å². The molecule has 0 aliphatic carbocycles. The van der Waals surface area contributed by atoms with Crippen molar-refractivity contribution < 1.29 is 4.79 Å². The minimum atomic E-state index is -0.312. The van der Waals surface area contributed by atoms with Crippen LogP contribution >= 0.6 is 27.3 Å². The van der Waals surface area contributed by atoms with Gasteiger partial charge >= 0.3 is 0 Å². The predicted octanol–water partition coefficient (Wildman–Crippen LogP) is 4.55. The molecule has 0 N–H and O–H groups in total. The summed E-state index contributed by atoms with van der Waals surface area (Å²) in [5.41, 5.74) is 3.84. The number of rotatable bonds is 3. The van der Waals surface area contributed by atoms with E-state index >= 15 is 0 Å². The van der Waals surface area contributed by atoms with Crippen molar-refractivity contribution in [2.45, 2.75) is 39.5 Å². The molecule has 168 valence electrons. The summed E-state index contributed by atoms with van der Waals surface area (Å²) in [5.74, 6) is 0.355. The quantitative estimate of drug-likeness (QED) is 0.395. The molecule has 4 aromatic rings. The number of benzene rings is 2. The number of amides is 1. The first-order valence-corrected chi connectivity index (χ1v) is 12.5. The fourth-order valence-electron chi connectivity index (χ4n) is 4.10. The Balaban J connectivity index is 1.65. The molecule has 0 saturated heterocycles. The summed E-state index contributed by atoms with van der Waals surface area (Å²) in [6.45, 7) is 9.12. The minimum Gasteiger partial charge on any atom is -0.308 e. The highest BCUT2D eigenvalue weighted by Crippen LogP contribution is 2.37. The molecule has 33 heavy (non-hydrogen) atoms. The SMILES string of the molecule is CCCN1C(=O)C(=c2sc3nc(-c4ccc(C(C)(C)C)cc4)nn3c2=O)c2cc(Br)ccc21. The van der Waals surface area contributed by atoms with E-state index in [0.717, 1.165) is 27.7 Å². The van der Waals surface area contributed by atoms with Crippen molar-refractivity contribution >= 4 is 49.4 Å². The zero-order valence-electron chi connectivity index (χ0n) is 18.8. The largest absolute Gasteiger partial charge is 0.308 e. The summed E-state index contributed by atoms with van der Waals surface area (Å²) < 4.78 is 2.55. The summed E-state index contributed by atoms with van der Waals surface area (Å²) >= 11 is 4.71. The van der Waals surface area contributed by atoms with Gasteiger partial charge in [0, 0.05) is 22.1 Å². The van der Waals surface area contributed by atoms with Gasteiger partial charge in [0.2, 0.25) is 4.96 Å². The molecule has 3 heterocycles. The van der Waals surface area contributed by atoms with Gasteiger partial charge in [0.1, 0.15) is 4.53 Å². The zero-order valence-corrected chi connectivity index (χ0v) is 21.2. The van der Waals surface area contributed by atoms with Gasteiger partial charge in [-0.3, -0.25) is 9.59 Å². The van der Waals surface area contributed by atoms with Crippen molar-refractivity contribution in [2.75, 3.05) is 11.4 Å². The van der Waals surface area contributed by atoms with Crippen LogP contribution < -0.4 is 15.0 Å². The van der Waals surface area contributed by atoms with Crippen LogP contribution in [0.15, 0.2) is 51.7 Å². The third kappa shape index (κ3) is 3.61. The smallest absolute Gasteiger partial charge is 0.291 e. The Hall–Kier alpha value is -2.84. The summed E-state index contributed by atoms with van der Waals surface area (Å²) in [4.78, 5) is 33.5. The molecule has 5 rings (SSSR count). The van der Waals surface area contributed by atoms with E-state index in [0.29, 0.717) is 27.4 Å². The second-order valence-electron chi connectivity index (χ2n) is 9.19. The normalized spacial score (nSPS) is 15.5. The number of anilines is 1. The number of carbonyl (C=O) groups is 1. The average Bonchev–Trinajstić information content (AvgIpc) is 3.39. The molecule has 1 aliphatic rings. The summed E-state index contributed by atoms with van der Waals surface area (Å²) in [5, 5.41) is 4.48. The standard InChI is InChI=1S/C25H23BrN4O2S/c1-5-12-29-18-11-10-16(26)13-17(18)19(22(29)31)20-23(32)30-24(33-20)27-21(28-30)14-6-8-15(9-7-14)25(2,3)4/h6-11,13H,5,12H2,1-4H3. The lowest BCUT2D eigenvalue weighted by molar-refractivity contribution is -0.113. The number of aromatic nitrogens is 3. The first kappa shape index (κ1) is 22.0. The fraction of sp³-hybridized carbons (Fsp3) is 0.280. The van der Waals surface area contributed by atoms with Crippen LogP contribution in [0.2, 0.25) is 0 Å². The van der Waals surface area contributed by atoms with Crippen molar-refractivity contribution in [1.82, 2.24) is 14.6 Å². The fourth-order valence-corrected chi connectivity index (χ4v) is 5.45. The van der Waals surface area contributed by atoms with Crippen LogP contribution in [-0.4, -0.2) is 27.0 Å². The van der Waals surface area contributed by atoms with Crippen LogP contribution in [0.25, 0.3) is 21.9 Å². The van der Waals surface area contributed by atoms with Crippen LogP contribution in [0.1, 0.15) is 45.2 Å². The average molecular weight is 523 g/mol. The second-order valence-corrected chi connectivity index (χ2v) is 11.1. The maximum absolute atomic E-state index is 13.3. The molecule has 0 atom stereocenters. The molecule has 2 aromatic heterocycles. The lowest BCUT2D eigenvalue weighted by Gasteiger charge is -2.18. The van der Waals surface area contributed by atoms with E-state index in [1.165, 1.54) is 21.4 Å². The van der Waals surface area contributed by atoms with E-state index in [1.807, 2.05) is 37.3 Å². The van der Waals surface area contributed by atoms with E-state index in [-0.39, 0.29) is 16.9 Å². The van der Waals surface area contributed by atoms with E-state index < -0.39 is 0 Å². The molecule has 0 fully saturated rings. The first-order chi connectivity index (χ1) is 15.7. The van der Waals surface area contributed by atoms with Crippen molar-refractivity contribution in [3.8, 4) is 11.4 Å². The Morgan fingerprint density at radius 2 is 1.79 bits per heavy atom. The molecule has 0 spiro atoms. The van der Waals surface area contributed by atoms with Gasteiger partial charge in [0.25, 0.3) is 11.5 Å². The Kier molecular flexibility index (Phi) is 5.25. The lowest BCUT2D eigenvalue weighted by Crippen LogP contribution is -2.32. The molecule has 0 radical (unpaired) electrons. The number of halogens is 1. The van der Waals surface area contributed by atoms with Gasteiger partial charge in [0.15, 0.2) is 5.82 Å². The van der Waals surface area contributed by atoms with E-state index in [9.17, 15) is 9.59 Å². The highest BCUT2D eigenvalue weighted by atomic mass is 79.9. The maximum Gasteiger partial charge on any atom is 0.291 e. The third-order valence-corrected chi connectivity index (χ3v) is 7.34. The molecule has 0 saturated carbocycles. The number of hydrogen-bond donors (Lipinski definition) is 0. The third-order valence-electron chi connectivity index (χ3n) is 5.82. The van der Waals surface area contributed by atoms with Crippen molar-refractivity contribution in [2.24, 2.45) is 0 Å². The Morgan fingerprint density at radius 3 is 2.42 bits per heavy atom. The summed E-state index contributed by atoms with van der Waals surface area (Å²) in [7, 11) is 0. The van der Waals surface area contributed by atoms with Crippen LogP contribution in [0.4, 0.5) is 5.69 Å². The van der Waals surface area contributed by atoms with E-state index in [1.54, 1.807) is 4.90 Å². The van der Waals surface area contributed by atoms with Gasteiger partial charge in [-0.05, 0) is 35.6 Å². The molecule has 0 bridgehead atoms. The van der Waals surface area contributed by atoms with Gasteiger partial charge in [-0.2, -0.15) is 9.50 Å². The highest BCUT2D eigenvalue weighted by Gasteiger charge is 2.34. The number of carbonyl (C=O) groups excluding carboxylic acids is 1. The van der Waals surface area contributed by atoms with E-state index in [4.69, 9.17) is 0 Å². The molecule has 8 heteroatoms. The van der Waals surface area contributed by atoms with Gasteiger partial charge < -0.3 is 4.90 Å². The van der Waals surface area contributed by atoms with Crippen molar-refractivity contribution in [3.05, 3.63) is 73.0 Å². The minimum absolute atomic E-state index is 0.0551. The van der Waals surface area contributed by atoms with Gasteiger partial charge in [-0.25, -0.2) is 0 Å². The number of thiazole rings is 1. The lowest BCUT2D eigenvalue weighted by atomic mass is 9.87. The van der Waals surface area contributed by atoms with Crippen molar-refractivity contribution in [3.63, 3.8) is 0 Å². The molecule has 1 aliphatic heterocycles. The van der Waals surface area contributed by atoms with Crippen LogP contribution in [-0.2, 0) is 10.2 Å². The van der Waals surface area contributed by atoms with Gasteiger partial charge in [0.05, 0.1) is 11.3 Å². The maximum atomic E-state index is 13.3. The number of nitrogens with zero attached hydrogens (tertiary/aromatic N) is 4. The predicted molar refractivity (Wildman–Crippen MR) is 136 cm³/mol. The Morgan fingerprint density at radius 1 is 1.06 bits per heavy atom. The van der Waals surface area contributed by atoms with E-state index in [2.05, 4.69) is 58.9 Å².